The van der Waals surface area contributed by atoms with Gasteiger partial charge in [-0.25, -0.2) is 0 Å². The van der Waals surface area contributed by atoms with Crippen LogP contribution in [0.4, 0.5) is 0 Å². The van der Waals surface area contributed by atoms with Crippen LogP contribution in [0.3, 0.4) is 0 Å². The van der Waals surface area contributed by atoms with E-state index < -0.39 is 0 Å². The van der Waals surface area contributed by atoms with Crippen LogP contribution in [0.2, 0.25) is 5.02 Å². The number of nitrogens with one attached hydrogen (secondary N) is 1. The van der Waals surface area contributed by atoms with E-state index in [2.05, 4.69) is 12.2 Å². The van der Waals surface area contributed by atoms with Crippen molar-refractivity contribution in [1.82, 2.24) is 5.32 Å². The fraction of sp³-hybridized carbons (Fsp3) is 0.263. The second-order valence-electron chi connectivity index (χ2n) is 5.37. The van der Waals surface area contributed by atoms with E-state index >= 15 is 0 Å². The van der Waals surface area contributed by atoms with Crippen molar-refractivity contribution >= 4 is 17.5 Å². The molecular formula is C19H19ClN2O2. The van der Waals surface area contributed by atoms with Crippen LogP contribution < -0.4 is 10.1 Å². The Balaban J connectivity index is 1.95. The normalized spacial score (nSPS) is 11.4. The van der Waals surface area contributed by atoms with Gasteiger partial charge in [-0.15, -0.1) is 0 Å². The topological polar surface area (TPSA) is 62.1 Å². The molecule has 2 rings (SSSR count). The molecule has 5 heteroatoms. The molecule has 0 heterocycles. The van der Waals surface area contributed by atoms with E-state index in [0.29, 0.717) is 16.3 Å². The van der Waals surface area contributed by atoms with Crippen molar-refractivity contribution in [2.24, 2.45) is 0 Å². The second kappa shape index (κ2) is 8.95. The van der Waals surface area contributed by atoms with E-state index in [0.717, 1.165) is 18.4 Å². The standard InChI is InChI=1S/C19H19ClN2O2/c1-2-6-17(15-7-4-3-5-8-15)22-19(23)13-24-18-10-9-14(12-21)11-16(18)20/h3-5,7-11,17H,2,6,13H2,1H3,(H,22,23)/t17-/m1/s1. The van der Waals surface area contributed by atoms with Crippen molar-refractivity contribution < 1.29 is 9.53 Å². The van der Waals surface area contributed by atoms with Crippen LogP contribution in [-0.4, -0.2) is 12.5 Å². The zero-order valence-corrected chi connectivity index (χ0v) is 14.2. The molecule has 0 aliphatic heterocycles. The van der Waals surface area contributed by atoms with Crippen molar-refractivity contribution in [1.29, 1.82) is 5.26 Å². The summed E-state index contributed by atoms with van der Waals surface area (Å²) < 4.78 is 5.46. The van der Waals surface area contributed by atoms with Gasteiger partial charge in [0.25, 0.3) is 5.91 Å². The molecule has 0 fully saturated rings. The largest absolute Gasteiger partial charge is 0.482 e. The van der Waals surface area contributed by atoms with Gasteiger partial charge in [-0.3, -0.25) is 4.79 Å². The minimum Gasteiger partial charge on any atom is -0.482 e. The predicted octanol–water partition coefficient (Wildman–Crippen LogP) is 4.25. The number of nitriles is 1. The lowest BCUT2D eigenvalue weighted by atomic mass is 10.0. The molecule has 0 aliphatic rings. The molecule has 124 valence electrons. The summed E-state index contributed by atoms with van der Waals surface area (Å²) >= 11 is 6.04. The SMILES string of the molecule is CCC[C@@H](NC(=O)COc1ccc(C#N)cc1Cl)c1ccccc1. The van der Waals surface area contributed by atoms with Crippen molar-refractivity contribution in [3.63, 3.8) is 0 Å². The van der Waals surface area contributed by atoms with E-state index in [1.165, 1.54) is 6.07 Å². The molecule has 0 saturated heterocycles. The van der Waals surface area contributed by atoms with Gasteiger partial charge in [-0.1, -0.05) is 55.3 Å². The number of ether oxygens (including phenoxy) is 1. The highest BCUT2D eigenvalue weighted by Gasteiger charge is 2.14. The maximum atomic E-state index is 12.2. The number of hydrogen-bond donors (Lipinski definition) is 1. The Morgan fingerprint density at radius 1 is 1.29 bits per heavy atom. The molecular weight excluding hydrogens is 324 g/mol. The number of carbonyl (C=O) groups excluding carboxylic acids is 1. The molecule has 1 atom stereocenters. The Morgan fingerprint density at radius 2 is 2.04 bits per heavy atom. The van der Waals surface area contributed by atoms with Crippen molar-refractivity contribution in [2.75, 3.05) is 6.61 Å². The lowest BCUT2D eigenvalue weighted by Gasteiger charge is -2.19. The van der Waals surface area contributed by atoms with E-state index in [4.69, 9.17) is 21.6 Å². The third-order valence-electron chi connectivity index (χ3n) is 3.53. The average molecular weight is 343 g/mol. The molecule has 0 unspecified atom stereocenters. The number of rotatable bonds is 7. The smallest absolute Gasteiger partial charge is 0.258 e. The van der Waals surface area contributed by atoms with Gasteiger partial charge in [-0.05, 0) is 30.2 Å². The number of amides is 1. The highest BCUT2D eigenvalue weighted by Crippen LogP contribution is 2.25. The van der Waals surface area contributed by atoms with E-state index in [1.807, 2.05) is 36.4 Å². The van der Waals surface area contributed by atoms with Gasteiger partial charge in [0.15, 0.2) is 6.61 Å². The van der Waals surface area contributed by atoms with E-state index in [1.54, 1.807) is 12.1 Å². The Morgan fingerprint density at radius 3 is 2.67 bits per heavy atom. The van der Waals surface area contributed by atoms with Gasteiger partial charge in [0.2, 0.25) is 0 Å². The molecule has 0 saturated carbocycles. The van der Waals surface area contributed by atoms with Gasteiger partial charge in [0.05, 0.1) is 22.7 Å². The van der Waals surface area contributed by atoms with Crippen LogP contribution in [0.1, 0.15) is 36.9 Å². The molecule has 2 aromatic carbocycles. The van der Waals surface area contributed by atoms with Crippen LogP contribution in [0.5, 0.6) is 5.75 Å². The molecule has 24 heavy (non-hydrogen) atoms. The van der Waals surface area contributed by atoms with Crippen molar-refractivity contribution in [3.05, 3.63) is 64.7 Å². The maximum Gasteiger partial charge on any atom is 0.258 e. The molecule has 0 aliphatic carbocycles. The number of nitrogens with zero attached hydrogens (tertiary/aromatic N) is 1. The summed E-state index contributed by atoms with van der Waals surface area (Å²) in [6.45, 7) is 1.95. The first kappa shape index (κ1) is 17.8. The summed E-state index contributed by atoms with van der Waals surface area (Å²) in [5, 5.41) is 12.1. The summed E-state index contributed by atoms with van der Waals surface area (Å²) in [6.07, 6.45) is 1.82. The van der Waals surface area contributed by atoms with Crippen LogP contribution >= 0.6 is 11.6 Å². The number of benzene rings is 2. The Labute approximate surface area is 147 Å². The summed E-state index contributed by atoms with van der Waals surface area (Å²) in [6, 6.07) is 16.5. The second-order valence-corrected chi connectivity index (χ2v) is 5.77. The number of halogens is 1. The van der Waals surface area contributed by atoms with Crippen LogP contribution in [0.25, 0.3) is 0 Å². The van der Waals surface area contributed by atoms with Gasteiger partial charge in [0, 0.05) is 0 Å². The maximum absolute atomic E-state index is 12.2. The Hall–Kier alpha value is -2.51. The highest BCUT2D eigenvalue weighted by atomic mass is 35.5. The van der Waals surface area contributed by atoms with Gasteiger partial charge in [-0.2, -0.15) is 5.26 Å². The minimum atomic E-state index is -0.210. The van der Waals surface area contributed by atoms with Crippen LogP contribution in [0.15, 0.2) is 48.5 Å². The molecule has 2 aromatic rings. The Bertz CT molecular complexity index is 726. The monoisotopic (exact) mass is 342 g/mol. The first-order valence-electron chi connectivity index (χ1n) is 7.80. The minimum absolute atomic E-state index is 0.0382. The third-order valence-corrected chi connectivity index (χ3v) is 3.83. The molecule has 0 aromatic heterocycles. The predicted molar refractivity (Wildman–Crippen MR) is 93.9 cm³/mol. The summed E-state index contributed by atoms with van der Waals surface area (Å²) in [5.41, 5.74) is 1.52. The molecule has 0 bridgehead atoms. The lowest BCUT2D eigenvalue weighted by Crippen LogP contribution is -2.32. The summed E-state index contributed by atoms with van der Waals surface area (Å²) in [5.74, 6) is 0.176. The molecule has 1 N–H and O–H groups in total. The van der Waals surface area contributed by atoms with Gasteiger partial charge >= 0.3 is 0 Å². The molecule has 4 nitrogen and oxygen atoms in total. The zero-order chi connectivity index (χ0) is 17.4. The fourth-order valence-electron chi connectivity index (χ4n) is 2.36. The van der Waals surface area contributed by atoms with E-state index in [-0.39, 0.29) is 18.6 Å². The van der Waals surface area contributed by atoms with Crippen LogP contribution in [0, 0.1) is 11.3 Å². The van der Waals surface area contributed by atoms with Crippen LogP contribution in [-0.2, 0) is 4.79 Å². The van der Waals surface area contributed by atoms with Gasteiger partial charge < -0.3 is 10.1 Å². The third kappa shape index (κ3) is 5.00. The number of hydrogen-bond acceptors (Lipinski definition) is 3. The zero-order valence-electron chi connectivity index (χ0n) is 13.5. The first-order valence-corrected chi connectivity index (χ1v) is 8.18. The van der Waals surface area contributed by atoms with Gasteiger partial charge in [0.1, 0.15) is 5.75 Å². The summed E-state index contributed by atoms with van der Waals surface area (Å²) in [4.78, 5) is 12.2. The fourth-order valence-corrected chi connectivity index (χ4v) is 2.60. The average Bonchev–Trinajstić information content (AvgIpc) is 2.61. The molecule has 0 radical (unpaired) electrons. The molecule has 1 amide bonds. The number of carbonyl (C=O) groups is 1. The Kier molecular flexibility index (Phi) is 6.65. The first-order chi connectivity index (χ1) is 11.6. The van der Waals surface area contributed by atoms with Crippen molar-refractivity contribution in [2.45, 2.75) is 25.8 Å². The summed E-state index contributed by atoms with van der Waals surface area (Å²) in [7, 11) is 0. The van der Waals surface area contributed by atoms with E-state index in [9.17, 15) is 4.79 Å². The highest BCUT2D eigenvalue weighted by molar-refractivity contribution is 6.32. The quantitative estimate of drug-likeness (QED) is 0.818. The lowest BCUT2D eigenvalue weighted by molar-refractivity contribution is -0.123. The van der Waals surface area contributed by atoms with Crippen molar-refractivity contribution in [3.8, 4) is 11.8 Å². The molecule has 0 spiro atoms.